The van der Waals surface area contributed by atoms with Gasteiger partial charge in [-0.05, 0) is 36.8 Å². The van der Waals surface area contributed by atoms with Crippen LogP contribution in [0.1, 0.15) is 29.1 Å². The largest absolute Gasteiger partial charge is 0.497 e. The number of nitrogens with zero attached hydrogens (tertiary/aromatic N) is 3. The molecule has 1 fully saturated rings. The van der Waals surface area contributed by atoms with Gasteiger partial charge in [0.25, 0.3) is 5.91 Å². The first-order valence-electron chi connectivity index (χ1n) is 10.3. The minimum absolute atomic E-state index is 0. The summed E-state index contributed by atoms with van der Waals surface area (Å²) >= 11 is 0. The molecule has 0 saturated carbocycles. The highest BCUT2D eigenvalue weighted by atomic mass is 127. The van der Waals surface area contributed by atoms with E-state index in [1.54, 1.807) is 49.5 Å². The SMILES string of the molecule is CCNC(=NCC(O)c1cc(OC)cc(OC)c1)N1CCN(C(=O)c2ccco2)CC1.I. The van der Waals surface area contributed by atoms with E-state index in [-0.39, 0.29) is 36.4 Å². The number of guanidine groups is 1. The summed E-state index contributed by atoms with van der Waals surface area (Å²) in [5, 5.41) is 13.9. The molecule has 32 heavy (non-hydrogen) atoms. The summed E-state index contributed by atoms with van der Waals surface area (Å²) < 4.78 is 15.8. The monoisotopic (exact) mass is 558 g/mol. The number of benzene rings is 1. The maximum absolute atomic E-state index is 12.5. The smallest absolute Gasteiger partial charge is 0.289 e. The van der Waals surface area contributed by atoms with E-state index in [0.717, 1.165) is 0 Å². The van der Waals surface area contributed by atoms with Crippen LogP contribution >= 0.6 is 24.0 Å². The van der Waals surface area contributed by atoms with Crippen LogP contribution < -0.4 is 14.8 Å². The molecule has 0 spiro atoms. The molecule has 1 aromatic carbocycles. The molecule has 2 N–H and O–H groups in total. The van der Waals surface area contributed by atoms with E-state index in [1.807, 2.05) is 6.92 Å². The van der Waals surface area contributed by atoms with Gasteiger partial charge in [-0.15, -0.1) is 24.0 Å². The van der Waals surface area contributed by atoms with E-state index < -0.39 is 6.10 Å². The molecule has 2 aromatic rings. The fourth-order valence-electron chi connectivity index (χ4n) is 3.40. The molecule has 3 rings (SSSR count). The maximum Gasteiger partial charge on any atom is 0.289 e. The summed E-state index contributed by atoms with van der Waals surface area (Å²) in [6.07, 6.45) is 0.697. The summed E-state index contributed by atoms with van der Waals surface area (Å²) in [5.74, 6) is 2.18. The second kappa shape index (κ2) is 12.5. The molecule has 0 radical (unpaired) electrons. The molecule has 1 unspecified atom stereocenters. The van der Waals surface area contributed by atoms with Crippen molar-refractivity contribution in [1.29, 1.82) is 0 Å². The van der Waals surface area contributed by atoms with Crippen LogP contribution in [0.25, 0.3) is 0 Å². The van der Waals surface area contributed by atoms with Crippen molar-refractivity contribution in [3.8, 4) is 11.5 Å². The summed E-state index contributed by atoms with van der Waals surface area (Å²) in [4.78, 5) is 20.9. The number of hydrogen-bond donors (Lipinski definition) is 2. The van der Waals surface area contributed by atoms with Gasteiger partial charge in [0.2, 0.25) is 0 Å². The average molecular weight is 558 g/mol. The van der Waals surface area contributed by atoms with Crippen molar-refractivity contribution in [3.05, 3.63) is 47.9 Å². The Hall–Kier alpha value is -2.47. The number of aliphatic hydroxyl groups is 1. The molecule has 1 aromatic heterocycles. The molecule has 1 saturated heterocycles. The van der Waals surface area contributed by atoms with Crippen LogP contribution in [0.3, 0.4) is 0 Å². The van der Waals surface area contributed by atoms with Gasteiger partial charge in [0.1, 0.15) is 11.5 Å². The number of halogens is 1. The van der Waals surface area contributed by atoms with E-state index in [2.05, 4.69) is 15.2 Å². The third kappa shape index (κ3) is 6.52. The van der Waals surface area contributed by atoms with E-state index in [0.29, 0.717) is 61.5 Å². The fourth-order valence-corrected chi connectivity index (χ4v) is 3.40. The molecule has 9 nitrogen and oxygen atoms in total. The second-order valence-electron chi connectivity index (χ2n) is 7.11. The molecule has 0 aliphatic carbocycles. The Labute approximate surface area is 205 Å². The van der Waals surface area contributed by atoms with Gasteiger partial charge >= 0.3 is 0 Å². The average Bonchev–Trinajstić information content (AvgIpc) is 3.35. The first-order chi connectivity index (χ1) is 15.0. The van der Waals surface area contributed by atoms with Crippen LogP contribution in [-0.2, 0) is 0 Å². The lowest BCUT2D eigenvalue weighted by molar-refractivity contribution is 0.0657. The summed E-state index contributed by atoms with van der Waals surface area (Å²) in [5.41, 5.74) is 0.671. The normalized spacial score (nSPS) is 15.1. The molecule has 176 valence electrons. The number of amides is 1. The van der Waals surface area contributed by atoms with Crippen molar-refractivity contribution in [3.63, 3.8) is 0 Å². The number of carbonyl (C=O) groups is 1. The summed E-state index contributed by atoms with van der Waals surface area (Å²) in [6.45, 7) is 5.30. The van der Waals surface area contributed by atoms with Gasteiger partial charge in [0.15, 0.2) is 11.7 Å². The van der Waals surface area contributed by atoms with E-state index in [4.69, 9.17) is 13.9 Å². The Morgan fingerprint density at radius 2 is 1.78 bits per heavy atom. The first kappa shape index (κ1) is 25.8. The lowest BCUT2D eigenvalue weighted by atomic mass is 10.1. The van der Waals surface area contributed by atoms with Crippen LogP contribution in [0.5, 0.6) is 11.5 Å². The minimum atomic E-state index is -0.806. The highest BCUT2D eigenvalue weighted by molar-refractivity contribution is 14.0. The number of piperazine rings is 1. The minimum Gasteiger partial charge on any atom is -0.497 e. The van der Waals surface area contributed by atoms with Crippen molar-refractivity contribution in [2.45, 2.75) is 13.0 Å². The Kier molecular flexibility index (Phi) is 10.1. The first-order valence-corrected chi connectivity index (χ1v) is 10.3. The standard InChI is InChI=1S/C22H30N4O5.HI/c1-4-23-22(24-15-19(27)16-12-17(29-2)14-18(13-16)30-3)26-9-7-25(8-10-26)21(28)20-6-5-11-31-20;/h5-6,11-14,19,27H,4,7-10,15H2,1-3H3,(H,23,24);1H. The van der Waals surface area contributed by atoms with E-state index in [9.17, 15) is 9.90 Å². The molecule has 1 aliphatic rings. The van der Waals surface area contributed by atoms with Gasteiger partial charge in [-0.25, -0.2) is 0 Å². The van der Waals surface area contributed by atoms with Gasteiger partial charge in [-0.1, -0.05) is 0 Å². The second-order valence-corrected chi connectivity index (χ2v) is 7.11. The number of furan rings is 1. The van der Waals surface area contributed by atoms with Crippen molar-refractivity contribution < 1.29 is 23.8 Å². The topological polar surface area (TPSA) is 99.8 Å². The third-order valence-corrected chi connectivity index (χ3v) is 5.11. The predicted octanol–water partition coefficient (Wildman–Crippen LogP) is 2.37. The van der Waals surface area contributed by atoms with Crippen LogP contribution in [0.2, 0.25) is 0 Å². The van der Waals surface area contributed by atoms with Gasteiger partial charge in [0.05, 0.1) is 33.1 Å². The zero-order valence-electron chi connectivity index (χ0n) is 18.6. The van der Waals surface area contributed by atoms with Crippen molar-refractivity contribution >= 4 is 35.8 Å². The van der Waals surface area contributed by atoms with Crippen LogP contribution in [0, 0.1) is 0 Å². The van der Waals surface area contributed by atoms with Gasteiger partial charge in [-0.3, -0.25) is 9.79 Å². The highest BCUT2D eigenvalue weighted by Gasteiger charge is 2.25. The molecular formula is C22H31IN4O5. The highest BCUT2D eigenvalue weighted by Crippen LogP contribution is 2.26. The molecule has 10 heteroatoms. The number of carbonyl (C=O) groups excluding carboxylic acids is 1. The van der Waals surface area contributed by atoms with E-state index >= 15 is 0 Å². The van der Waals surface area contributed by atoms with Crippen LogP contribution in [-0.4, -0.2) is 80.3 Å². The quantitative estimate of drug-likeness (QED) is 0.306. The number of aliphatic hydroxyl groups excluding tert-OH is 1. The Bertz CT molecular complexity index is 860. The lowest BCUT2D eigenvalue weighted by Crippen LogP contribution is -2.53. The van der Waals surface area contributed by atoms with Gasteiger partial charge in [0, 0.05) is 38.8 Å². The predicted molar refractivity (Wildman–Crippen MR) is 132 cm³/mol. The van der Waals surface area contributed by atoms with Crippen LogP contribution in [0.4, 0.5) is 0 Å². The molecule has 1 atom stereocenters. The van der Waals surface area contributed by atoms with Crippen molar-refractivity contribution in [1.82, 2.24) is 15.1 Å². The Balaban J connectivity index is 0.00000363. The lowest BCUT2D eigenvalue weighted by Gasteiger charge is -2.36. The number of ether oxygens (including phenoxy) is 2. The summed E-state index contributed by atoms with van der Waals surface area (Å²) in [7, 11) is 3.14. The molecule has 1 amide bonds. The Morgan fingerprint density at radius 1 is 1.16 bits per heavy atom. The molecule has 1 aliphatic heterocycles. The van der Waals surface area contributed by atoms with Gasteiger partial charge in [-0.2, -0.15) is 0 Å². The Morgan fingerprint density at radius 3 is 2.31 bits per heavy atom. The number of rotatable bonds is 7. The molecule has 2 heterocycles. The maximum atomic E-state index is 12.5. The number of nitrogens with one attached hydrogen (secondary N) is 1. The zero-order valence-corrected chi connectivity index (χ0v) is 20.9. The number of hydrogen-bond acceptors (Lipinski definition) is 6. The number of aliphatic imine (C=N–C) groups is 1. The molecule has 0 bridgehead atoms. The van der Waals surface area contributed by atoms with Crippen molar-refractivity contribution in [2.24, 2.45) is 4.99 Å². The summed E-state index contributed by atoms with van der Waals surface area (Å²) in [6, 6.07) is 8.69. The van der Waals surface area contributed by atoms with Crippen molar-refractivity contribution in [2.75, 3.05) is 53.5 Å². The number of methoxy groups -OCH3 is 2. The van der Waals surface area contributed by atoms with E-state index in [1.165, 1.54) is 6.26 Å². The third-order valence-electron chi connectivity index (χ3n) is 5.11. The fraction of sp³-hybridized carbons (Fsp3) is 0.455. The van der Waals surface area contributed by atoms with Gasteiger partial charge < -0.3 is 34.1 Å². The van der Waals surface area contributed by atoms with Crippen LogP contribution in [0.15, 0.2) is 46.0 Å². The zero-order chi connectivity index (χ0) is 22.2. The molecular weight excluding hydrogens is 527 g/mol.